The molecule has 3 rings (SSSR count). The molecule has 8 heteroatoms. The standard InChI is InChI=1S/C22H19Cl2N3O3/c1-13-9-16(12-25-26-21(28)19-8-7-17(23)11-20(19)24)14(2)27(13)18-6-4-5-15(10-18)22(29)30-3/h4-12H,1-3H3,(H,26,28)/b25-12-. The van der Waals surface area contributed by atoms with E-state index >= 15 is 0 Å². The van der Waals surface area contributed by atoms with Gasteiger partial charge in [0, 0.05) is 27.7 Å². The number of hydrogen-bond acceptors (Lipinski definition) is 4. The summed E-state index contributed by atoms with van der Waals surface area (Å²) in [5, 5.41) is 4.74. The first-order valence-electron chi connectivity index (χ1n) is 8.98. The minimum Gasteiger partial charge on any atom is -0.465 e. The Bertz CT molecular complexity index is 1150. The summed E-state index contributed by atoms with van der Waals surface area (Å²) < 4.78 is 6.79. The third kappa shape index (κ3) is 4.56. The van der Waals surface area contributed by atoms with Crippen LogP contribution in [0.5, 0.6) is 0 Å². The number of benzene rings is 2. The first-order chi connectivity index (χ1) is 14.3. The fourth-order valence-corrected chi connectivity index (χ4v) is 3.59. The maximum absolute atomic E-state index is 12.3. The largest absolute Gasteiger partial charge is 0.465 e. The van der Waals surface area contributed by atoms with Crippen LogP contribution in [0.1, 0.15) is 37.7 Å². The zero-order valence-electron chi connectivity index (χ0n) is 16.6. The van der Waals surface area contributed by atoms with Gasteiger partial charge >= 0.3 is 5.97 Å². The molecule has 0 radical (unpaired) electrons. The third-order valence-electron chi connectivity index (χ3n) is 4.54. The number of carbonyl (C=O) groups is 2. The summed E-state index contributed by atoms with van der Waals surface area (Å²) in [5.41, 5.74) is 6.70. The molecule has 2 aromatic carbocycles. The average Bonchev–Trinajstić information content (AvgIpc) is 3.00. The van der Waals surface area contributed by atoms with Gasteiger partial charge in [-0.25, -0.2) is 10.2 Å². The average molecular weight is 444 g/mol. The highest BCUT2D eigenvalue weighted by atomic mass is 35.5. The maximum atomic E-state index is 12.3. The van der Waals surface area contributed by atoms with E-state index in [1.165, 1.54) is 19.2 Å². The zero-order valence-corrected chi connectivity index (χ0v) is 18.1. The van der Waals surface area contributed by atoms with Crippen LogP contribution < -0.4 is 5.43 Å². The summed E-state index contributed by atoms with van der Waals surface area (Å²) in [6, 6.07) is 13.7. The summed E-state index contributed by atoms with van der Waals surface area (Å²) >= 11 is 11.9. The fraction of sp³-hybridized carbons (Fsp3) is 0.136. The Labute approximate surface area is 184 Å². The number of rotatable bonds is 5. The molecule has 30 heavy (non-hydrogen) atoms. The van der Waals surface area contributed by atoms with Gasteiger partial charge in [0.1, 0.15) is 0 Å². The van der Waals surface area contributed by atoms with Crippen molar-refractivity contribution in [3.8, 4) is 5.69 Å². The van der Waals surface area contributed by atoms with Crippen molar-refractivity contribution < 1.29 is 14.3 Å². The van der Waals surface area contributed by atoms with Crippen molar-refractivity contribution in [2.24, 2.45) is 5.10 Å². The second kappa shape index (κ2) is 9.15. The molecule has 0 saturated carbocycles. The van der Waals surface area contributed by atoms with Crippen LogP contribution >= 0.6 is 23.2 Å². The third-order valence-corrected chi connectivity index (χ3v) is 5.09. The van der Waals surface area contributed by atoms with Crippen molar-refractivity contribution >= 4 is 41.3 Å². The molecule has 1 aromatic heterocycles. The molecule has 0 fully saturated rings. The zero-order chi connectivity index (χ0) is 21.8. The van der Waals surface area contributed by atoms with Gasteiger partial charge in [-0.05, 0) is 56.3 Å². The number of nitrogens with zero attached hydrogens (tertiary/aromatic N) is 2. The number of esters is 1. The highest BCUT2D eigenvalue weighted by Gasteiger charge is 2.13. The van der Waals surface area contributed by atoms with E-state index in [9.17, 15) is 9.59 Å². The number of hydrazone groups is 1. The van der Waals surface area contributed by atoms with Crippen LogP contribution in [0, 0.1) is 13.8 Å². The van der Waals surface area contributed by atoms with E-state index in [0.29, 0.717) is 10.6 Å². The number of methoxy groups -OCH3 is 1. The van der Waals surface area contributed by atoms with E-state index in [0.717, 1.165) is 22.6 Å². The normalized spacial score (nSPS) is 11.0. The highest BCUT2D eigenvalue weighted by molar-refractivity contribution is 6.36. The minimum atomic E-state index is -0.437. The van der Waals surface area contributed by atoms with Gasteiger partial charge in [0.05, 0.1) is 29.5 Å². The molecule has 0 aliphatic carbocycles. The van der Waals surface area contributed by atoms with Crippen molar-refractivity contribution in [3.05, 3.63) is 86.7 Å². The summed E-state index contributed by atoms with van der Waals surface area (Å²) in [4.78, 5) is 24.1. The van der Waals surface area contributed by atoms with Gasteiger partial charge in [0.15, 0.2) is 0 Å². The molecule has 0 unspecified atom stereocenters. The van der Waals surface area contributed by atoms with Gasteiger partial charge in [0.2, 0.25) is 0 Å². The molecular weight excluding hydrogens is 425 g/mol. The monoisotopic (exact) mass is 443 g/mol. The van der Waals surface area contributed by atoms with Crippen LogP contribution in [-0.2, 0) is 4.74 Å². The van der Waals surface area contributed by atoms with Crippen molar-refractivity contribution in [2.45, 2.75) is 13.8 Å². The first-order valence-corrected chi connectivity index (χ1v) is 9.73. The summed E-state index contributed by atoms with van der Waals surface area (Å²) in [5.74, 6) is -0.836. The Morgan fingerprint density at radius 3 is 2.57 bits per heavy atom. The number of aryl methyl sites for hydroxylation is 1. The lowest BCUT2D eigenvalue weighted by Crippen LogP contribution is -2.18. The molecule has 154 valence electrons. The number of hydrogen-bond donors (Lipinski definition) is 1. The van der Waals surface area contributed by atoms with E-state index in [1.807, 2.05) is 30.5 Å². The molecule has 6 nitrogen and oxygen atoms in total. The van der Waals surface area contributed by atoms with Crippen molar-refractivity contribution in [2.75, 3.05) is 7.11 Å². The number of carbonyl (C=O) groups excluding carboxylic acids is 2. The van der Waals surface area contributed by atoms with E-state index < -0.39 is 11.9 Å². The molecule has 0 aliphatic rings. The Kier molecular flexibility index (Phi) is 6.59. The maximum Gasteiger partial charge on any atom is 0.337 e. The predicted molar refractivity (Wildman–Crippen MR) is 118 cm³/mol. The van der Waals surface area contributed by atoms with Crippen LogP contribution in [0.2, 0.25) is 10.0 Å². The van der Waals surface area contributed by atoms with E-state index in [-0.39, 0.29) is 10.6 Å². The lowest BCUT2D eigenvalue weighted by Gasteiger charge is -2.11. The number of aromatic nitrogens is 1. The SMILES string of the molecule is COC(=O)c1cccc(-n2c(C)cc(/C=N\NC(=O)c3ccc(Cl)cc3Cl)c2C)c1. The van der Waals surface area contributed by atoms with Gasteiger partial charge in [-0.1, -0.05) is 29.3 Å². The van der Waals surface area contributed by atoms with Gasteiger partial charge in [-0.3, -0.25) is 4.79 Å². The molecule has 0 spiro atoms. The fourth-order valence-electron chi connectivity index (χ4n) is 3.10. The number of halogens is 2. The van der Waals surface area contributed by atoms with Crippen LogP contribution in [0.25, 0.3) is 5.69 Å². The van der Waals surface area contributed by atoms with Crippen LogP contribution in [0.3, 0.4) is 0 Å². The summed E-state index contributed by atoms with van der Waals surface area (Å²) in [6.45, 7) is 3.87. The molecule has 1 N–H and O–H groups in total. The molecule has 0 atom stereocenters. The molecule has 0 bridgehead atoms. The molecule has 1 heterocycles. The van der Waals surface area contributed by atoms with E-state index in [1.54, 1.807) is 30.5 Å². The van der Waals surface area contributed by atoms with Crippen LogP contribution in [0.4, 0.5) is 0 Å². The molecular formula is C22H19Cl2N3O3. The summed E-state index contributed by atoms with van der Waals surface area (Å²) in [7, 11) is 1.35. The van der Waals surface area contributed by atoms with E-state index in [4.69, 9.17) is 27.9 Å². The lowest BCUT2D eigenvalue weighted by atomic mass is 10.2. The Morgan fingerprint density at radius 1 is 1.10 bits per heavy atom. The smallest absolute Gasteiger partial charge is 0.337 e. The Balaban J connectivity index is 1.82. The van der Waals surface area contributed by atoms with E-state index in [2.05, 4.69) is 10.5 Å². The Morgan fingerprint density at radius 2 is 1.87 bits per heavy atom. The first kappa shape index (κ1) is 21.6. The predicted octanol–water partition coefficient (Wildman–Crippen LogP) is 4.95. The van der Waals surface area contributed by atoms with Crippen LogP contribution in [0.15, 0.2) is 53.6 Å². The van der Waals surface area contributed by atoms with Gasteiger partial charge < -0.3 is 9.30 Å². The van der Waals surface area contributed by atoms with Crippen molar-refractivity contribution in [1.82, 2.24) is 9.99 Å². The van der Waals surface area contributed by atoms with Gasteiger partial charge in [-0.15, -0.1) is 0 Å². The minimum absolute atomic E-state index is 0.249. The quantitative estimate of drug-likeness (QED) is 0.344. The van der Waals surface area contributed by atoms with Crippen molar-refractivity contribution in [3.63, 3.8) is 0 Å². The molecule has 0 saturated heterocycles. The number of amides is 1. The second-order valence-electron chi connectivity index (χ2n) is 6.53. The highest BCUT2D eigenvalue weighted by Crippen LogP contribution is 2.22. The topological polar surface area (TPSA) is 72.7 Å². The van der Waals surface area contributed by atoms with Crippen molar-refractivity contribution in [1.29, 1.82) is 0 Å². The lowest BCUT2D eigenvalue weighted by molar-refractivity contribution is 0.0600. The number of ether oxygens (including phenoxy) is 1. The second-order valence-corrected chi connectivity index (χ2v) is 7.37. The summed E-state index contributed by atoms with van der Waals surface area (Å²) in [6.07, 6.45) is 1.56. The van der Waals surface area contributed by atoms with Crippen LogP contribution in [-0.4, -0.2) is 29.8 Å². The molecule has 3 aromatic rings. The molecule has 1 amide bonds. The molecule has 0 aliphatic heterocycles. The number of nitrogens with one attached hydrogen (secondary N) is 1. The van der Waals surface area contributed by atoms with Gasteiger partial charge in [-0.2, -0.15) is 5.10 Å². The van der Waals surface area contributed by atoms with Gasteiger partial charge in [0.25, 0.3) is 5.91 Å². The Hall–Kier alpha value is -3.09.